The fourth-order valence-corrected chi connectivity index (χ4v) is 1.21. The second-order valence-corrected chi connectivity index (χ2v) is 4.26. The van der Waals surface area contributed by atoms with Crippen molar-refractivity contribution in [2.45, 2.75) is 39.7 Å². The summed E-state index contributed by atoms with van der Waals surface area (Å²) in [5.41, 5.74) is 2.65. The van der Waals surface area contributed by atoms with Crippen LogP contribution in [-0.2, 0) is 0 Å². The summed E-state index contributed by atoms with van der Waals surface area (Å²) in [5.74, 6) is 0.415. The highest BCUT2D eigenvalue weighted by atomic mass is 14.9. The Hall–Kier alpha value is -1.38. The van der Waals surface area contributed by atoms with Crippen molar-refractivity contribution < 1.29 is 0 Å². The van der Waals surface area contributed by atoms with Gasteiger partial charge in [0.25, 0.3) is 0 Å². The van der Waals surface area contributed by atoms with Gasteiger partial charge in [0.2, 0.25) is 0 Å². The summed E-state index contributed by atoms with van der Waals surface area (Å²) in [6.07, 6.45) is 3.58. The Kier molecular flexibility index (Phi) is 3.83. The molecule has 0 unspecified atom stereocenters. The van der Waals surface area contributed by atoms with Crippen molar-refractivity contribution in [1.29, 1.82) is 0 Å². The lowest BCUT2D eigenvalue weighted by Crippen LogP contribution is -2.21. The summed E-state index contributed by atoms with van der Waals surface area (Å²) in [6.45, 7) is 12.3. The fraction of sp³-hybridized carbons (Fsp3) is 0.500. The summed E-state index contributed by atoms with van der Waals surface area (Å²) < 4.78 is 0. The SMILES string of the molecule is C=C(NC(C)C)c1cnc(C(C)C)cn1. The molecule has 0 spiro atoms. The van der Waals surface area contributed by atoms with Crippen molar-refractivity contribution in [3.05, 3.63) is 30.4 Å². The van der Waals surface area contributed by atoms with Gasteiger partial charge in [-0.05, 0) is 19.8 Å². The molecule has 0 fully saturated rings. The second kappa shape index (κ2) is 4.91. The van der Waals surface area contributed by atoms with Crippen LogP contribution in [0, 0.1) is 0 Å². The number of hydrogen-bond donors (Lipinski definition) is 1. The predicted molar refractivity (Wildman–Crippen MR) is 63.4 cm³/mol. The quantitative estimate of drug-likeness (QED) is 0.821. The van der Waals surface area contributed by atoms with Crippen molar-refractivity contribution in [3.8, 4) is 0 Å². The first kappa shape index (κ1) is 11.7. The zero-order valence-corrected chi connectivity index (χ0v) is 9.91. The van der Waals surface area contributed by atoms with Crippen molar-refractivity contribution in [3.63, 3.8) is 0 Å². The van der Waals surface area contributed by atoms with Crippen molar-refractivity contribution >= 4 is 5.70 Å². The van der Waals surface area contributed by atoms with Crippen LogP contribution in [0.5, 0.6) is 0 Å². The molecule has 0 atom stereocenters. The molecule has 0 aliphatic carbocycles. The van der Waals surface area contributed by atoms with Crippen LogP contribution in [0.1, 0.15) is 45.0 Å². The molecule has 0 amide bonds. The highest BCUT2D eigenvalue weighted by molar-refractivity contribution is 5.57. The highest BCUT2D eigenvalue weighted by Gasteiger charge is 2.04. The Morgan fingerprint density at radius 1 is 1.20 bits per heavy atom. The van der Waals surface area contributed by atoms with Gasteiger partial charge in [-0.15, -0.1) is 0 Å². The molecular weight excluding hydrogens is 186 g/mol. The van der Waals surface area contributed by atoms with Crippen LogP contribution in [-0.4, -0.2) is 16.0 Å². The van der Waals surface area contributed by atoms with Crippen LogP contribution >= 0.6 is 0 Å². The molecule has 1 N–H and O–H groups in total. The Bertz CT molecular complexity index is 325. The Labute approximate surface area is 91.7 Å². The fourth-order valence-electron chi connectivity index (χ4n) is 1.21. The van der Waals surface area contributed by atoms with E-state index in [1.165, 1.54) is 0 Å². The van der Waals surface area contributed by atoms with E-state index in [9.17, 15) is 0 Å². The van der Waals surface area contributed by atoms with Gasteiger partial charge >= 0.3 is 0 Å². The average Bonchev–Trinajstić information content (AvgIpc) is 2.17. The molecule has 3 nitrogen and oxygen atoms in total. The Morgan fingerprint density at radius 2 is 1.87 bits per heavy atom. The molecule has 82 valence electrons. The highest BCUT2D eigenvalue weighted by Crippen LogP contribution is 2.11. The van der Waals surface area contributed by atoms with Crippen molar-refractivity contribution in [2.24, 2.45) is 0 Å². The maximum absolute atomic E-state index is 4.34. The van der Waals surface area contributed by atoms with E-state index in [1.54, 1.807) is 6.20 Å². The summed E-state index contributed by atoms with van der Waals surface area (Å²) in [6, 6.07) is 0.365. The van der Waals surface area contributed by atoms with Gasteiger partial charge in [-0.2, -0.15) is 0 Å². The summed E-state index contributed by atoms with van der Waals surface area (Å²) >= 11 is 0. The first-order valence-corrected chi connectivity index (χ1v) is 5.28. The zero-order chi connectivity index (χ0) is 11.4. The van der Waals surface area contributed by atoms with Crippen molar-refractivity contribution in [1.82, 2.24) is 15.3 Å². The minimum Gasteiger partial charge on any atom is -0.382 e. The Balaban J connectivity index is 2.75. The molecule has 0 aromatic carbocycles. The van der Waals surface area contributed by atoms with Gasteiger partial charge in [0, 0.05) is 12.2 Å². The predicted octanol–water partition coefficient (Wildman–Crippen LogP) is 2.57. The maximum atomic E-state index is 4.34. The van der Waals surface area contributed by atoms with Crippen LogP contribution in [0.3, 0.4) is 0 Å². The number of aromatic nitrogens is 2. The van der Waals surface area contributed by atoms with E-state index >= 15 is 0 Å². The number of nitrogens with zero attached hydrogens (tertiary/aromatic N) is 2. The molecule has 0 bridgehead atoms. The maximum Gasteiger partial charge on any atom is 0.104 e. The van der Waals surface area contributed by atoms with Crippen LogP contribution in [0.15, 0.2) is 19.0 Å². The minimum atomic E-state index is 0.365. The number of hydrogen-bond acceptors (Lipinski definition) is 3. The molecule has 0 aliphatic heterocycles. The van der Waals surface area contributed by atoms with Gasteiger partial charge < -0.3 is 5.32 Å². The van der Waals surface area contributed by atoms with Gasteiger partial charge in [0.05, 0.1) is 17.6 Å². The van der Waals surface area contributed by atoms with Crippen molar-refractivity contribution in [2.75, 3.05) is 0 Å². The third kappa shape index (κ3) is 3.35. The molecule has 1 rings (SSSR count). The topological polar surface area (TPSA) is 37.8 Å². The van der Waals surface area contributed by atoms with Gasteiger partial charge in [0.1, 0.15) is 5.69 Å². The van der Waals surface area contributed by atoms with Crippen LogP contribution < -0.4 is 5.32 Å². The lowest BCUT2D eigenvalue weighted by molar-refractivity contribution is 0.714. The molecule has 0 saturated heterocycles. The smallest absolute Gasteiger partial charge is 0.104 e. The third-order valence-corrected chi connectivity index (χ3v) is 2.04. The van der Waals surface area contributed by atoms with Crippen LogP contribution in [0.4, 0.5) is 0 Å². The molecule has 0 saturated carbocycles. The molecule has 1 heterocycles. The molecule has 1 aromatic heterocycles. The Morgan fingerprint density at radius 3 is 2.27 bits per heavy atom. The lowest BCUT2D eigenvalue weighted by atomic mass is 10.1. The van der Waals surface area contributed by atoms with Gasteiger partial charge in [-0.1, -0.05) is 20.4 Å². The lowest BCUT2D eigenvalue weighted by Gasteiger charge is -2.12. The summed E-state index contributed by atoms with van der Waals surface area (Å²) in [5, 5.41) is 3.21. The molecule has 1 aromatic rings. The minimum absolute atomic E-state index is 0.365. The van der Waals surface area contributed by atoms with E-state index in [1.807, 2.05) is 6.20 Å². The van der Waals surface area contributed by atoms with E-state index < -0.39 is 0 Å². The van der Waals surface area contributed by atoms with Crippen LogP contribution in [0.25, 0.3) is 5.70 Å². The van der Waals surface area contributed by atoms with Gasteiger partial charge in [-0.25, -0.2) is 0 Å². The van der Waals surface area contributed by atoms with E-state index in [-0.39, 0.29) is 0 Å². The molecular formula is C12H19N3. The molecule has 3 heteroatoms. The number of rotatable bonds is 4. The summed E-state index contributed by atoms with van der Waals surface area (Å²) in [7, 11) is 0. The standard InChI is InChI=1S/C12H19N3/c1-8(2)11-6-14-12(7-13-11)10(5)15-9(3)4/h6-9,15H,5H2,1-4H3. The third-order valence-electron chi connectivity index (χ3n) is 2.04. The van der Waals surface area contributed by atoms with E-state index in [2.05, 4.69) is 49.6 Å². The average molecular weight is 205 g/mol. The van der Waals surface area contributed by atoms with Gasteiger partial charge in [0.15, 0.2) is 0 Å². The van der Waals surface area contributed by atoms with Crippen LogP contribution in [0.2, 0.25) is 0 Å². The largest absolute Gasteiger partial charge is 0.382 e. The number of nitrogens with one attached hydrogen (secondary N) is 1. The zero-order valence-electron chi connectivity index (χ0n) is 9.91. The van der Waals surface area contributed by atoms with Gasteiger partial charge in [-0.3, -0.25) is 9.97 Å². The molecule has 15 heavy (non-hydrogen) atoms. The first-order chi connectivity index (χ1) is 7.00. The van der Waals surface area contributed by atoms with E-state index in [0.717, 1.165) is 17.1 Å². The molecule has 0 aliphatic rings. The van der Waals surface area contributed by atoms with E-state index in [0.29, 0.717) is 12.0 Å². The van der Waals surface area contributed by atoms with E-state index in [4.69, 9.17) is 0 Å². The first-order valence-electron chi connectivity index (χ1n) is 5.28. The summed E-state index contributed by atoms with van der Waals surface area (Å²) in [4.78, 5) is 8.67. The second-order valence-electron chi connectivity index (χ2n) is 4.26. The monoisotopic (exact) mass is 205 g/mol. The molecule has 0 radical (unpaired) electrons. The normalized spacial score (nSPS) is 10.8.